The van der Waals surface area contributed by atoms with Crippen molar-refractivity contribution in [1.29, 1.82) is 0 Å². The first-order valence-electron chi connectivity index (χ1n) is 8.07. The van der Waals surface area contributed by atoms with Crippen LogP contribution >= 0.6 is 0 Å². The maximum Gasteiger partial charge on any atom is 0.340 e. The normalized spacial score (nSPS) is 24.7. The third kappa shape index (κ3) is 2.11. The quantitative estimate of drug-likeness (QED) is 0.798. The molecule has 0 unspecified atom stereocenters. The molecule has 0 radical (unpaired) electrons. The SMILES string of the molecule is CCOC(=O)c1c2n(c3cc(C)ccc13)C[C@H]1OC(C)(C)O[C@@H]21. The molecule has 0 saturated carbocycles. The molecule has 5 nitrogen and oxygen atoms in total. The summed E-state index contributed by atoms with van der Waals surface area (Å²) in [6.45, 7) is 8.74. The Labute approximate surface area is 135 Å². The summed E-state index contributed by atoms with van der Waals surface area (Å²) in [5, 5.41) is 0.927. The van der Waals surface area contributed by atoms with Gasteiger partial charge < -0.3 is 18.8 Å². The minimum atomic E-state index is -0.626. The number of rotatable bonds is 2. The summed E-state index contributed by atoms with van der Waals surface area (Å²) in [4.78, 5) is 12.6. The second-order valence-electron chi connectivity index (χ2n) is 6.71. The molecule has 4 rings (SSSR count). The van der Waals surface area contributed by atoms with E-state index in [0.29, 0.717) is 18.7 Å². The van der Waals surface area contributed by atoms with Crippen molar-refractivity contribution in [1.82, 2.24) is 4.57 Å². The van der Waals surface area contributed by atoms with E-state index in [0.717, 1.165) is 22.2 Å². The molecular formula is C18H21NO4. The fourth-order valence-electron chi connectivity index (χ4n) is 3.77. The smallest absolute Gasteiger partial charge is 0.340 e. The third-order valence-electron chi connectivity index (χ3n) is 4.56. The predicted octanol–water partition coefficient (Wildman–Crippen LogP) is 3.33. The number of aryl methyl sites for hydroxylation is 1. The number of carbonyl (C=O) groups excluding carboxylic acids is 1. The second kappa shape index (κ2) is 4.82. The van der Waals surface area contributed by atoms with Gasteiger partial charge >= 0.3 is 5.97 Å². The highest BCUT2D eigenvalue weighted by atomic mass is 16.8. The van der Waals surface area contributed by atoms with E-state index in [1.165, 1.54) is 0 Å². The van der Waals surface area contributed by atoms with Gasteiger partial charge in [-0.05, 0) is 39.3 Å². The van der Waals surface area contributed by atoms with Crippen molar-refractivity contribution in [3.63, 3.8) is 0 Å². The standard InChI is InChI=1S/C18H21NO4/c1-5-21-17(20)14-11-7-6-10(2)8-12(11)19-9-13-16(15(14)19)23-18(3,4)22-13/h6-8,13,16H,5,9H2,1-4H3/t13-,16-/m1/s1. The van der Waals surface area contributed by atoms with Crippen LogP contribution in [0.5, 0.6) is 0 Å². The van der Waals surface area contributed by atoms with Crippen LogP contribution in [0.4, 0.5) is 0 Å². The largest absolute Gasteiger partial charge is 0.462 e. The number of hydrogen-bond acceptors (Lipinski definition) is 4. The summed E-state index contributed by atoms with van der Waals surface area (Å²) in [6, 6.07) is 6.13. The van der Waals surface area contributed by atoms with Gasteiger partial charge in [0.05, 0.1) is 24.4 Å². The number of ether oxygens (including phenoxy) is 3. The van der Waals surface area contributed by atoms with E-state index in [9.17, 15) is 4.79 Å². The lowest BCUT2D eigenvalue weighted by Crippen LogP contribution is -2.23. The Morgan fingerprint density at radius 1 is 1.39 bits per heavy atom. The van der Waals surface area contributed by atoms with E-state index in [-0.39, 0.29) is 18.2 Å². The number of esters is 1. The van der Waals surface area contributed by atoms with Gasteiger partial charge in [-0.15, -0.1) is 0 Å². The van der Waals surface area contributed by atoms with Crippen LogP contribution in [0.15, 0.2) is 18.2 Å². The fraction of sp³-hybridized carbons (Fsp3) is 0.500. The van der Waals surface area contributed by atoms with Crippen LogP contribution in [0.25, 0.3) is 10.9 Å². The van der Waals surface area contributed by atoms with Gasteiger partial charge in [-0.25, -0.2) is 4.79 Å². The molecule has 23 heavy (non-hydrogen) atoms. The Morgan fingerprint density at radius 2 is 2.17 bits per heavy atom. The zero-order valence-electron chi connectivity index (χ0n) is 13.9. The Morgan fingerprint density at radius 3 is 2.91 bits per heavy atom. The highest BCUT2D eigenvalue weighted by Crippen LogP contribution is 2.47. The molecule has 0 bridgehead atoms. The van der Waals surface area contributed by atoms with Crippen LogP contribution in [0, 0.1) is 6.92 Å². The lowest BCUT2D eigenvalue weighted by atomic mass is 10.0. The lowest BCUT2D eigenvalue weighted by molar-refractivity contribution is -0.151. The number of carbonyl (C=O) groups is 1. The lowest BCUT2D eigenvalue weighted by Gasteiger charge is -2.19. The second-order valence-corrected chi connectivity index (χ2v) is 6.71. The number of benzene rings is 1. The molecule has 1 aromatic heterocycles. The van der Waals surface area contributed by atoms with Gasteiger partial charge in [0, 0.05) is 10.9 Å². The summed E-state index contributed by atoms with van der Waals surface area (Å²) in [5.41, 5.74) is 3.71. The average Bonchev–Trinajstić information content (AvgIpc) is 3.04. The number of aromatic nitrogens is 1. The molecule has 0 amide bonds. The van der Waals surface area contributed by atoms with E-state index in [2.05, 4.69) is 17.6 Å². The van der Waals surface area contributed by atoms with E-state index >= 15 is 0 Å². The molecule has 2 atom stereocenters. The van der Waals surface area contributed by atoms with Gasteiger partial charge in [0.15, 0.2) is 5.79 Å². The molecule has 1 saturated heterocycles. The first-order chi connectivity index (χ1) is 10.9. The van der Waals surface area contributed by atoms with Crippen LogP contribution in [-0.4, -0.2) is 29.0 Å². The van der Waals surface area contributed by atoms with Gasteiger partial charge in [-0.1, -0.05) is 12.1 Å². The molecule has 1 aromatic carbocycles. The van der Waals surface area contributed by atoms with Crippen LogP contribution in [0.2, 0.25) is 0 Å². The molecular weight excluding hydrogens is 294 g/mol. The van der Waals surface area contributed by atoms with Crippen molar-refractivity contribution in [3.05, 3.63) is 35.0 Å². The predicted molar refractivity (Wildman–Crippen MR) is 85.4 cm³/mol. The summed E-state index contributed by atoms with van der Waals surface area (Å²) < 4.78 is 19.5. The maximum absolute atomic E-state index is 12.6. The summed E-state index contributed by atoms with van der Waals surface area (Å²) in [6.07, 6.45) is -0.282. The highest BCUT2D eigenvalue weighted by molar-refractivity contribution is 6.06. The Hall–Kier alpha value is -1.85. The van der Waals surface area contributed by atoms with Gasteiger partial charge in [0.25, 0.3) is 0 Å². The molecule has 3 heterocycles. The molecule has 1 fully saturated rings. The zero-order chi connectivity index (χ0) is 16.4. The van der Waals surface area contributed by atoms with Crippen molar-refractivity contribution >= 4 is 16.9 Å². The van der Waals surface area contributed by atoms with Gasteiger partial charge in [0.2, 0.25) is 0 Å². The maximum atomic E-state index is 12.6. The average molecular weight is 315 g/mol. The molecule has 2 aliphatic heterocycles. The minimum absolute atomic E-state index is 0.0573. The Kier molecular flexibility index (Phi) is 3.09. The first-order valence-corrected chi connectivity index (χ1v) is 8.07. The van der Waals surface area contributed by atoms with Crippen molar-refractivity contribution in [3.8, 4) is 0 Å². The van der Waals surface area contributed by atoms with Gasteiger partial charge in [-0.2, -0.15) is 0 Å². The highest BCUT2D eigenvalue weighted by Gasteiger charge is 2.50. The van der Waals surface area contributed by atoms with E-state index in [1.54, 1.807) is 0 Å². The Bertz CT molecular complexity index is 805. The van der Waals surface area contributed by atoms with Crippen molar-refractivity contribution in [2.75, 3.05) is 6.61 Å². The van der Waals surface area contributed by atoms with Crippen molar-refractivity contribution in [2.45, 2.75) is 52.2 Å². The summed E-state index contributed by atoms with van der Waals surface area (Å²) >= 11 is 0. The summed E-state index contributed by atoms with van der Waals surface area (Å²) in [7, 11) is 0. The van der Waals surface area contributed by atoms with Gasteiger partial charge in [-0.3, -0.25) is 0 Å². The third-order valence-corrected chi connectivity index (χ3v) is 4.56. The monoisotopic (exact) mass is 315 g/mol. The number of hydrogen-bond donors (Lipinski definition) is 0. The number of fused-ring (bicyclic) bond motifs is 5. The van der Waals surface area contributed by atoms with Crippen LogP contribution in [0.1, 0.15) is 48.5 Å². The van der Waals surface area contributed by atoms with Crippen LogP contribution in [0.3, 0.4) is 0 Å². The van der Waals surface area contributed by atoms with Crippen LogP contribution < -0.4 is 0 Å². The van der Waals surface area contributed by atoms with E-state index < -0.39 is 5.79 Å². The molecule has 2 aliphatic rings. The molecule has 122 valence electrons. The van der Waals surface area contributed by atoms with E-state index in [4.69, 9.17) is 14.2 Å². The molecule has 0 aliphatic carbocycles. The molecule has 2 aromatic rings. The molecule has 5 heteroatoms. The van der Waals surface area contributed by atoms with Crippen LogP contribution in [-0.2, 0) is 20.8 Å². The number of nitrogens with zero attached hydrogens (tertiary/aromatic N) is 1. The van der Waals surface area contributed by atoms with Crippen molar-refractivity contribution in [2.24, 2.45) is 0 Å². The summed E-state index contributed by atoms with van der Waals surface area (Å²) in [5.74, 6) is -0.914. The molecule has 0 N–H and O–H groups in total. The fourth-order valence-corrected chi connectivity index (χ4v) is 3.77. The minimum Gasteiger partial charge on any atom is -0.462 e. The van der Waals surface area contributed by atoms with Gasteiger partial charge in [0.1, 0.15) is 12.2 Å². The Balaban J connectivity index is 1.94. The first kappa shape index (κ1) is 14.7. The molecule has 0 spiro atoms. The topological polar surface area (TPSA) is 49.7 Å². The zero-order valence-corrected chi connectivity index (χ0v) is 13.9. The van der Waals surface area contributed by atoms with E-state index in [1.807, 2.05) is 32.9 Å². The van der Waals surface area contributed by atoms with Crippen molar-refractivity contribution < 1.29 is 19.0 Å².